The molecule has 0 spiro atoms. The Kier molecular flexibility index (Phi) is 5.07. The maximum Gasteiger partial charge on any atom is 0.149 e. The molecule has 0 aliphatic heterocycles. The van der Waals surface area contributed by atoms with Crippen molar-refractivity contribution in [2.75, 3.05) is 7.11 Å². The zero-order valence-electron chi connectivity index (χ0n) is 13.7. The largest absolute Gasteiger partial charge is 0.497 e. The van der Waals surface area contributed by atoms with Gasteiger partial charge in [-0.1, -0.05) is 72.8 Å². The van der Waals surface area contributed by atoms with Crippen LogP contribution in [0.3, 0.4) is 0 Å². The van der Waals surface area contributed by atoms with E-state index >= 15 is 0 Å². The van der Waals surface area contributed by atoms with Gasteiger partial charge in [0, 0.05) is 6.42 Å². The summed E-state index contributed by atoms with van der Waals surface area (Å²) in [5, 5.41) is 0. The van der Waals surface area contributed by atoms with Gasteiger partial charge in [-0.05, 0) is 28.8 Å². The van der Waals surface area contributed by atoms with Gasteiger partial charge in [0.1, 0.15) is 11.5 Å². The van der Waals surface area contributed by atoms with E-state index in [2.05, 4.69) is 0 Å². The van der Waals surface area contributed by atoms with Crippen molar-refractivity contribution in [3.05, 3.63) is 102 Å². The van der Waals surface area contributed by atoms with E-state index in [0.29, 0.717) is 6.42 Å². The highest BCUT2D eigenvalue weighted by molar-refractivity contribution is 5.90. The maximum atomic E-state index is 13.0. The van der Waals surface area contributed by atoms with E-state index < -0.39 is 0 Å². The third-order valence-corrected chi connectivity index (χ3v) is 4.13. The van der Waals surface area contributed by atoms with Crippen LogP contribution in [0.4, 0.5) is 0 Å². The fourth-order valence-corrected chi connectivity index (χ4v) is 2.90. The summed E-state index contributed by atoms with van der Waals surface area (Å²) < 4.78 is 5.18. The van der Waals surface area contributed by atoms with Crippen molar-refractivity contribution < 1.29 is 9.53 Å². The number of rotatable bonds is 6. The summed E-state index contributed by atoms with van der Waals surface area (Å²) in [4.78, 5) is 13.0. The van der Waals surface area contributed by atoms with Crippen LogP contribution in [0.25, 0.3) is 0 Å². The molecule has 0 N–H and O–H groups in total. The van der Waals surface area contributed by atoms with Crippen molar-refractivity contribution in [3.63, 3.8) is 0 Å². The van der Waals surface area contributed by atoms with Crippen LogP contribution in [0.1, 0.15) is 22.6 Å². The molecule has 0 bridgehead atoms. The Labute approximate surface area is 142 Å². The minimum Gasteiger partial charge on any atom is -0.497 e. The molecular formula is C22H20O2. The first-order valence-corrected chi connectivity index (χ1v) is 8.03. The van der Waals surface area contributed by atoms with Gasteiger partial charge in [0.2, 0.25) is 0 Å². The van der Waals surface area contributed by atoms with Crippen LogP contribution in [0.5, 0.6) is 5.75 Å². The highest BCUT2D eigenvalue weighted by Gasteiger charge is 2.22. The topological polar surface area (TPSA) is 26.3 Å². The molecular weight excluding hydrogens is 296 g/mol. The lowest BCUT2D eigenvalue weighted by Crippen LogP contribution is -2.16. The first kappa shape index (κ1) is 16.0. The maximum absolute atomic E-state index is 13.0. The summed E-state index contributed by atoms with van der Waals surface area (Å²) in [5.41, 5.74) is 3.06. The van der Waals surface area contributed by atoms with E-state index in [4.69, 9.17) is 4.74 Å². The number of ether oxygens (including phenoxy) is 1. The third-order valence-electron chi connectivity index (χ3n) is 4.13. The molecule has 120 valence electrons. The smallest absolute Gasteiger partial charge is 0.149 e. The van der Waals surface area contributed by atoms with Crippen LogP contribution in [-0.2, 0) is 11.2 Å². The summed E-state index contributed by atoms with van der Waals surface area (Å²) in [6.45, 7) is 0. The minimum atomic E-state index is -0.241. The van der Waals surface area contributed by atoms with Crippen molar-refractivity contribution >= 4 is 5.78 Å². The molecule has 2 nitrogen and oxygen atoms in total. The van der Waals surface area contributed by atoms with Gasteiger partial charge in [-0.3, -0.25) is 4.79 Å². The molecule has 3 aromatic carbocycles. The quantitative estimate of drug-likeness (QED) is 0.662. The lowest BCUT2D eigenvalue weighted by molar-refractivity contribution is -0.119. The Morgan fingerprint density at radius 3 is 1.75 bits per heavy atom. The van der Waals surface area contributed by atoms with Gasteiger partial charge < -0.3 is 4.74 Å². The molecule has 0 saturated carbocycles. The lowest BCUT2D eigenvalue weighted by Gasteiger charge is -2.17. The molecule has 0 aliphatic carbocycles. The minimum absolute atomic E-state index is 0.192. The van der Waals surface area contributed by atoms with Gasteiger partial charge in [-0.15, -0.1) is 0 Å². The number of Topliss-reactive ketones (excluding diaryl/α,β-unsaturated/α-hetero) is 1. The normalized spacial score (nSPS) is 10.6. The molecule has 0 radical (unpaired) electrons. The van der Waals surface area contributed by atoms with Crippen molar-refractivity contribution in [1.29, 1.82) is 0 Å². The molecule has 3 rings (SSSR count). The van der Waals surface area contributed by atoms with E-state index in [9.17, 15) is 4.79 Å². The zero-order valence-corrected chi connectivity index (χ0v) is 13.7. The molecule has 0 atom stereocenters. The molecule has 0 aromatic heterocycles. The van der Waals surface area contributed by atoms with Gasteiger partial charge in [-0.2, -0.15) is 0 Å². The number of ketones is 1. The van der Waals surface area contributed by atoms with Gasteiger partial charge >= 0.3 is 0 Å². The van der Waals surface area contributed by atoms with Crippen LogP contribution in [0.2, 0.25) is 0 Å². The number of hydrogen-bond acceptors (Lipinski definition) is 2. The first-order chi connectivity index (χ1) is 11.8. The predicted octanol–water partition coefficient (Wildman–Crippen LogP) is 4.64. The average Bonchev–Trinajstić information content (AvgIpc) is 2.64. The zero-order chi connectivity index (χ0) is 16.8. The number of carbonyl (C=O) groups is 1. The summed E-state index contributed by atoms with van der Waals surface area (Å²) >= 11 is 0. The molecule has 0 saturated heterocycles. The van der Waals surface area contributed by atoms with E-state index in [-0.39, 0.29) is 11.7 Å². The van der Waals surface area contributed by atoms with Crippen molar-refractivity contribution in [2.24, 2.45) is 0 Å². The second-order valence-electron chi connectivity index (χ2n) is 5.75. The summed E-state index contributed by atoms with van der Waals surface area (Å²) in [5.74, 6) is 0.751. The van der Waals surface area contributed by atoms with Crippen LogP contribution < -0.4 is 4.74 Å². The monoisotopic (exact) mass is 316 g/mol. The van der Waals surface area contributed by atoms with Gasteiger partial charge in [0.15, 0.2) is 0 Å². The standard InChI is InChI=1S/C22H20O2/c1-24-20-14-12-17(13-15-20)16-21(23)22(18-8-4-2-5-9-18)19-10-6-3-7-11-19/h2-15,22H,16H2,1H3. The van der Waals surface area contributed by atoms with E-state index in [1.165, 1.54) is 0 Å². The molecule has 2 heteroatoms. The number of hydrogen-bond donors (Lipinski definition) is 0. The Morgan fingerprint density at radius 2 is 1.29 bits per heavy atom. The molecule has 24 heavy (non-hydrogen) atoms. The molecule has 0 unspecified atom stereocenters. The van der Waals surface area contributed by atoms with Crippen LogP contribution in [0.15, 0.2) is 84.9 Å². The summed E-state index contributed by atoms with van der Waals surface area (Å²) in [6, 6.07) is 27.6. The number of methoxy groups -OCH3 is 1. The fourth-order valence-electron chi connectivity index (χ4n) is 2.90. The first-order valence-electron chi connectivity index (χ1n) is 8.03. The molecule has 0 aliphatic rings. The predicted molar refractivity (Wildman–Crippen MR) is 96.4 cm³/mol. The number of benzene rings is 3. The van der Waals surface area contributed by atoms with Gasteiger partial charge in [0.05, 0.1) is 13.0 Å². The van der Waals surface area contributed by atoms with Crippen molar-refractivity contribution in [3.8, 4) is 5.75 Å². The van der Waals surface area contributed by atoms with E-state index in [1.54, 1.807) is 7.11 Å². The van der Waals surface area contributed by atoms with E-state index in [1.807, 2.05) is 84.9 Å². The summed E-state index contributed by atoms with van der Waals surface area (Å²) in [6.07, 6.45) is 0.401. The number of carbonyl (C=O) groups excluding carboxylic acids is 1. The SMILES string of the molecule is COc1ccc(CC(=O)C(c2ccccc2)c2ccccc2)cc1. The molecule has 3 aromatic rings. The average molecular weight is 316 g/mol. The Balaban J connectivity index is 1.89. The highest BCUT2D eigenvalue weighted by Crippen LogP contribution is 2.27. The van der Waals surface area contributed by atoms with E-state index in [0.717, 1.165) is 22.4 Å². The second-order valence-corrected chi connectivity index (χ2v) is 5.75. The van der Waals surface area contributed by atoms with Gasteiger partial charge in [-0.25, -0.2) is 0 Å². The van der Waals surface area contributed by atoms with Crippen LogP contribution >= 0.6 is 0 Å². The fraction of sp³-hybridized carbons (Fsp3) is 0.136. The van der Waals surface area contributed by atoms with Crippen molar-refractivity contribution in [2.45, 2.75) is 12.3 Å². The molecule has 0 heterocycles. The molecule has 0 fully saturated rings. The highest BCUT2D eigenvalue weighted by atomic mass is 16.5. The van der Waals surface area contributed by atoms with Gasteiger partial charge in [0.25, 0.3) is 0 Å². The summed E-state index contributed by atoms with van der Waals surface area (Å²) in [7, 11) is 1.64. The Hall–Kier alpha value is -2.87. The Morgan fingerprint density at radius 1 is 0.792 bits per heavy atom. The third kappa shape index (κ3) is 3.72. The molecule has 0 amide bonds. The van der Waals surface area contributed by atoms with Crippen LogP contribution in [-0.4, -0.2) is 12.9 Å². The van der Waals surface area contributed by atoms with Crippen LogP contribution in [0, 0.1) is 0 Å². The second kappa shape index (κ2) is 7.60. The Bertz CT molecular complexity index is 738. The lowest BCUT2D eigenvalue weighted by atomic mass is 9.85. The van der Waals surface area contributed by atoms with Crippen molar-refractivity contribution in [1.82, 2.24) is 0 Å².